The smallest absolute Gasteiger partial charge is 0.137 e. The van der Waals surface area contributed by atoms with Gasteiger partial charge in [-0.25, -0.2) is 4.98 Å². The SMILES string of the molecule is COc1ccc(N2CCCC(C)(O)CC2)nc1. The van der Waals surface area contributed by atoms with Crippen molar-refractivity contribution in [3.63, 3.8) is 0 Å². The summed E-state index contributed by atoms with van der Waals surface area (Å²) in [4.78, 5) is 6.61. The summed E-state index contributed by atoms with van der Waals surface area (Å²) in [5.41, 5.74) is -0.527. The lowest BCUT2D eigenvalue weighted by Crippen LogP contribution is -2.28. The first-order chi connectivity index (χ1) is 8.11. The summed E-state index contributed by atoms with van der Waals surface area (Å²) in [6.07, 6.45) is 4.39. The van der Waals surface area contributed by atoms with Crippen molar-refractivity contribution in [2.75, 3.05) is 25.1 Å². The quantitative estimate of drug-likeness (QED) is 0.851. The van der Waals surface area contributed by atoms with E-state index in [1.165, 1.54) is 0 Å². The summed E-state index contributed by atoms with van der Waals surface area (Å²) in [6, 6.07) is 3.89. The van der Waals surface area contributed by atoms with Gasteiger partial charge in [0.05, 0.1) is 18.9 Å². The minimum Gasteiger partial charge on any atom is -0.495 e. The van der Waals surface area contributed by atoms with Gasteiger partial charge in [-0.15, -0.1) is 0 Å². The number of aromatic nitrogens is 1. The Morgan fingerprint density at radius 2 is 2.18 bits per heavy atom. The monoisotopic (exact) mass is 236 g/mol. The lowest BCUT2D eigenvalue weighted by Gasteiger charge is -2.23. The topological polar surface area (TPSA) is 45.6 Å². The van der Waals surface area contributed by atoms with E-state index in [2.05, 4.69) is 9.88 Å². The molecule has 0 aliphatic carbocycles. The zero-order valence-electron chi connectivity index (χ0n) is 10.5. The number of rotatable bonds is 2. The molecule has 0 aromatic carbocycles. The third-order valence-electron chi connectivity index (χ3n) is 3.34. The number of hydrogen-bond donors (Lipinski definition) is 1. The molecule has 1 aliphatic rings. The van der Waals surface area contributed by atoms with Crippen molar-refractivity contribution in [3.8, 4) is 5.75 Å². The molecule has 2 rings (SSSR count). The van der Waals surface area contributed by atoms with Crippen LogP contribution in [0.5, 0.6) is 5.75 Å². The number of aliphatic hydroxyl groups is 1. The van der Waals surface area contributed by atoms with Crippen LogP contribution >= 0.6 is 0 Å². The second-order valence-electron chi connectivity index (χ2n) is 4.89. The molecule has 1 aliphatic heterocycles. The van der Waals surface area contributed by atoms with Gasteiger partial charge in [0.15, 0.2) is 0 Å². The number of pyridine rings is 1. The molecule has 0 bridgehead atoms. The number of anilines is 1. The van der Waals surface area contributed by atoms with Crippen molar-refractivity contribution in [2.24, 2.45) is 0 Å². The first-order valence-electron chi connectivity index (χ1n) is 6.08. The van der Waals surface area contributed by atoms with E-state index in [0.29, 0.717) is 0 Å². The van der Waals surface area contributed by atoms with E-state index in [1.807, 2.05) is 19.1 Å². The molecule has 1 N–H and O–H groups in total. The number of methoxy groups -OCH3 is 1. The van der Waals surface area contributed by atoms with E-state index in [1.54, 1.807) is 13.3 Å². The van der Waals surface area contributed by atoms with Gasteiger partial charge in [-0.3, -0.25) is 0 Å². The summed E-state index contributed by atoms with van der Waals surface area (Å²) in [5, 5.41) is 10.0. The van der Waals surface area contributed by atoms with Crippen LogP contribution in [0.4, 0.5) is 5.82 Å². The molecule has 0 amide bonds. The van der Waals surface area contributed by atoms with E-state index in [4.69, 9.17) is 4.74 Å². The summed E-state index contributed by atoms with van der Waals surface area (Å²) < 4.78 is 5.09. The largest absolute Gasteiger partial charge is 0.495 e. The highest BCUT2D eigenvalue weighted by Crippen LogP contribution is 2.24. The Morgan fingerprint density at radius 3 is 2.82 bits per heavy atom. The van der Waals surface area contributed by atoms with Crippen LogP contribution in [0.25, 0.3) is 0 Å². The Morgan fingerprint density at radius 1 is 1.35 bits per heavy atom. The molecule has 4 heteroatoms. The minimum absolute atomic E-state index is 0.527. The van der Waals surface area contributed by atoms with Gasteiger partial charge in [0, 0.05) is 13.1 Å². The van der Waals surface area contributed by atoms with E-state index in [-0.39, 0.29) is 0 Å². The van der Waals surface area contributed by atoms with Crippen molar-refractivity contribution >= 4 is 5.82 Å². The fraction of sp³-hybridized carbons (Fsp3) is 0.615. The highest BCUT2D eigenvalue weighted by atomic mass is 16.5. The molecule has 0 saturated carbocycles. The molecule has 17 heavy (non-hydrogen) atoms. The van der Waals surface area contributed by atoms with Crippen LogP contribution in [0, 0.1) is 0 Å². The van der Waals surface area contributed by atoms with Crippen molar-refractivity contribution in [1.82, 2.24) is 4.98 Å². The van der Waals surface area contributed by atoms with Crippen LogP contribution in [0.1, 0.15) is 26.2 Å². The van der Waals surface area contributed by atoms with Crippen molar-refractivity contribution in [3.05, 3.63) is 18.3 Å². The second-order valence-corrected chi connectivity index (χ2v) is 4.89. The number of ether oxygens (including phenoxy) is 1. The average Bonchev–Trinajstić information content (AvgIpc) is 2.50. The Kier molecular flexibility index (Phi) is 3.52. The summed E-state index contributed by atoms with van der Waals surface area (Å²) >= 11 is 0. The molecule has 1 fully saturated rings. The lowest BCUT2D eigenvalue weighted by atomic mass is 9.98. The fourth-order valence-corrected chi connectivity index (χ4v) is 2.17. The van der Waals surface area contributed by atoms with Crippen molar-refractivity contribution < 1.29 is 9.84 Å². The second kappa shape index (κ2) is 4.92. The molecule has 1 unspecified atom stereocenters. The van der Waals surface area contributed by atoms with Crippen molar-refractivity contribution in [2.45, 2.75) is 31.8 Å². The van der Waals surface area contributed by atoms with Gasteiger partial charge in [-0.1, -0.05) is 0 Å². The first-order valence-corrected chi connectivity index (χ1v) is 6.08. The molecule has 94 valence electrons. The van der Waals surface area contributed by atoms with E-state index >= 15 is 0 Å². The van der Waals surface area contributed by atoms with Crippen molar-refractivity contribution in [1.29, 1.82) is 0 Å². The first kappa shape index (κ1) is 12.2. The number of nitrogens with zero attached hydrogens (tertiary/aromatic N) is 2. The van der Waals surface area contributed by atoms with Gasteiger partial charge in [-0.2, -0.15) is 0 Å². The van der Waals surface area contributed by atoms with Gasteiger partial charge in [-0.05, 0) is 38.3 Å². The molecule has 1 aromatic heterocycles. The molecule has 2 heterocycles. The van der Waals surface area contributed by atoms with Gasteiger partial charge in [0.1, 0.15) is 11.6 Å². The van der Waals surface area contributed by atoms with E-state index < -0.39 is 5.60 Å². The average molecular weight is 236 g/mol. The zero-order valence-corrected chi connectivity index (χ0v) is 10.5. The van der Waals surface area contributed by atoms with Gasteiger partial charge >= 0.3 is 0 Å². The third kappa shape index (κ3) is 3.09. The van der Waals surface area contributed by atoms with Gasteiger partial charge in [0.25, 0.3) is 0 Å². The highest BCUT2D eigenvalue weighted by Gasteiger charge is 2.25. The standard InChI is InChI=1S/C13H20N2O2/c1-13(16)6-3-8-15(9-7-13)12-5-4-11(17-2)10-14-12/h4-5,10,16H,3,6-9H2,1-2H3. The molecule has 1 aromatic rings. The summed E-state index contributed by atoms with van der Waals surface area (Å²) in [6.45, 7) is 3.72. The maximum Gasteiger partial charge on any atom is 0.137 e. The molecule has 1 saturated heterocycles. The molecular formula is C13H20N2O2. The fourth-order valence-electron chi connectivity index (χ4n) is 2.17. The lowest BCUT2D eigenvalue weighted by molar-refractivity contribution is 0.0481. The minimum atomic E-state index is -0.527. The third-order valence-corrected chi connectivity index (χ3v) is 3.34. The predicted octanol–water partition coefficient (Wildman–Crippen LogP) is 1.83. The summed E-state index contributed by atoms with van der Waals surface area (Å²) in [5.74, 6) is 1.74. The normalized spacial score (nSPS) is 25.5. The van der Waals surface area contributed by atoms with Crippen LogP contribution < -0.4 is 9.64 Å². The van der Waals surface area contributed by atoms with Gasteiger partial charge < -0.3 is 14.7 Å². The maximum atomic E-state index is 10.0. The summed E-state index contributed by atoms with van der Waals surface area (Å²) in [7, 11) is 1.64. The Balaban J connectivity index is 2.06. The number of hydrogen-bond acceptors (Lipinski definition) is 4. The van der Waals surface area contributed by atoms with Gasteiger partial charge in [0.2, 0.25) is 0 Å². The highest BCUT2D eigenvalue weighted by molar-refractivity contribution is 5.41. The Labute approximate surface area is 102 Å². The van der Waals surface area contributed by atoms with Crippen LogP contribution in [-0.2, 0) is 0 Å². The van der Waals surface area contributed by atoms with Crippen LogP contribution in [-0.4, -0.2) is 35.9 Å². The molecule has 4 nitrogen and oxygen atoms in total. The molecular weight excluding hydrogens is 216 g/mol. The molecule has 0 radical (unpaired) electrons. The zero-order chi connectivity index (χ0) is 12.3. The maximum absolute atomic E-state index is 10.0. The molecule has 1 atom stereocenters. The molecule has 0 spiro atoms. The van der Waals surface area contributed by atoms with Crippen LogP contribution in [0.2, 0.25) is 0 Å². The van der Waals surface area contributed by atoms with E-state index in [0.717, 1.165) is 43.9 Å². The van der Waals surface area contributed by atoms with E-state index in [9.17, 15) is 5.11 Å². The van der Waals surface area contributed by atoms with Crippen LogP contribution in [0.3, 0.4) is 0 Å². The Bertz CT molecular complexity index is 362. The predicted molar refractivity (Wildman–Crippen MR) is 67.5 cm³/mol. The Hall–Kier alpha value is -1.29. The van der Waals surface area contributed by atoms with Crippen LogP contribution in [0.15, 0.2) is 18.3 Å².